The number of aromatic nitrogens is 1. The summed E-state index contributed by atoms with van der Waals surface area (Å²) >= 11 is 10.6. The molecular formula is C13H11ClFN3S. The second-order valence-corrected chi connectivity index (χ2v) is 4.82. The van der Waals surface area contributed by atoms with Gasteiger partial charge >= 0.3 is 0 Å². The van der Waals surface area contributed by atoms with Gasteiger partial charge < -0.3 is 11.1 Å². The molecule has 0 saturated heterocycles. The fourth-order valence-corrected chi connectivity index (χ4v) is 2.05. The lowest BCUT2D eigenvalue weighted by molar-refractivity contribution is 0.629. The molecule has 0 bridgehead atoms. The Kier molecular flexibility index (Phi) is 3.97. The van der Waals surface area contributed by atoms with Crippen molar-refractivity contribution in [3.05, 3.63) is 52.4 Å². The molecule has 1 aromatic carbocycles. The number of anilines is 2. The highest BCUT2D eigenvalue weighted by Gasteiger charge is 2.10. The van der Waals surface area contributed by atoms with Crippen molar-refractivity contribution in [2.24, 2.45) is 5.73 Å². The van der Waals surface area contributed by atoms with Crippen molar-refractivity contribution in [2.75, 3.05) is 5.32 Å². The van der Waals surface area contributed by atoms with E-state index in [1.807, 2.05) is 13.0 Å². The first-order chi connectivity index (χ1) is 8.99. The molecule has 2 rings (SSSR count). The van der Waals surface area contributed by atoms with Crippen LogP contribution in [0, 0.1) is 12.7 Å². The van der Waals surface area contributed by atoms with E-state index in [0.29, 0.717) is 17.1 Å². The smallest absolute Gasteiger partial charge is 0.143 e. The van der Waals surface area contributed by atoms with Crippen LogP contribution < -0.4 is 11.1 Å². The minimum absolute atomic E-state index is 0.0670. The molecule has 0 fully saturated rings. The minimum Gasteiger partial charge on any atom is -0.389 e. The van der Waals surface area contributed by atoms with Crippen molar-refractivity contribution in [1.82, 2.24) is 4.98 Å². The molecule has 1 aromatic heterocycles. The average Bonchev–Trinajstić information content (AvgIpc) is 2.33. The second-order valence-electron chi connectivity index (χ2n) is 3.97. The predicted molar refractivity (Wildman–Crippen MR) is 79.6 cm³/mol. The number of benzene rings is 1. The SMILES string of the molecule is Cc1ccnc(Nc2ccc(Cl)c(F)c2)c1C(N)=S. The van der Waals surface area contributed by atoms with Gasteiger partial charge in [-0.05, 0) is 36.8 Å². The van der Waals surface area contributed by atoms with E-state index in [1.165, 1.54) is 12.1 Å². The first-order valence-corrected chi connectivity index (χ1v) is 6.25. The summed E-state index contributed by atoms with van der Waals surface area (Å²) < 4.78 is 13.4. The van der Waals surface area contributed by atoms with Crippen molar-refractivity contribution in [3.63, 3.8) is 0 Å². The Morgan fingerprint density at radius 1 is 1.42 bits per heavy atom. The maximum Gasteiger partial charge on any atom is 0.143 e. The molecule has 98 valence electrons. The summed E-state index contributed by atoms with van der Waals surface area (Å²) in [5.41, 5.74) is 7.75. The van der Waals surface area contributed by atoms with Crippen molar-refractivity contribution >= 4 is 40.3 Å². The highest BCUT2D eigenvalue weighted by molar-refractivity contribution is 7.80. The largest absolute Gasteiger partial charge is 0.389 e. The third kappa shape index (κ3) is 3.00. The monoisotopic (exact) mass is 295 g/mol. The highest BCUT2D eigenvalue weighted by atomic mass is 35.5. The van der Waals surface area contributed by atoms with E-state index in [0.717, 1.165) is 5.56 Å². The molecule has 0 aliphatic heterocycles. The third-order valence-corrected chi connectivity index (χ3v) is 3.10. The van der Waals surface area contributed by atoms with Gasteiger partial charge in [-0.25, -0.2) is 9.37 Å². The maximum absolute atomic E-state index is 13.4. The van der Waals surface area contributed by atoms with Crippen molar-refractivity contribution < 1.29 is 4.39 Å². The Morgan fingerprint density at radius 2 is 2.16 bits per heavy atom. The summed E-state index contributed by atoms with van der Waals surface area (Å²) in [6.45, 7) is 1.88. The standard InChI is InChI=1S/C13H11ClFN3S/c1-7-4-5-17-13(11(7)12(16)19)18-8-2-3-9(14)10(15)6-8/h2-6H,1H3,(H2,16,19)(H,17,18). The molecule has 0 aliphatic carbocycles. The fraction of sp³-hybridized carbons (Fsp3) is 0.0769. The molecule has 6 heteroatoms. The highest BCUT2D eigenvalue weighted by Crippen LogP contribution is 2.24. The second kappa shape index (κ2) is 5.50. The van der Waals surface area contributed by atoms with Crippen molar-refractivity contribution in [3.8, 4) is 0 Å². The Labute approximate surface area is 120 Å². The van der Waals surface area contributed by atoms with Crippen LogP contribution in [0.5, 0.6) is 0 Å². The number of hydrogen-bond acceptors (Lipinski definition) is 3. The van der Waals surface area contributed by atoms with Crippen LogP contribution in [0.3, 0.4) is 0 Å². The Balaban J connectivity index is 2.40. The van der Waals surface area contributed by atoms with Crippen LogP contribution in [-0.2, 0) is 0 Å². The van der Waals surface area contributed by atoms with E-state index >= 15 is 0 Å². The van der Waals surface area contributed by atoms with Gasteiger partial charge in [-0.1, -0.05) is 23.8 Å². The lowest BCUT2D eigenvalue weighted by Crippen LogP contribution is -2.14. The molecule has 0 saturated carbocycles. The first kappa shape index (κ1) is 13.7. The van der Waals surface area contributed by atoms with Crippen LogP contribution in [0.1, 0.15) is 11.1 Å². The summed E-state index contributed by atoms with van der Waals surface area (Å²) in [7, 11) is 0. The zero-order valence-corrected chi connectivity index (χ0v) is 11.6. The molecule has 0 spiro atoms. The number of rotatable bonds is 3. The molecule has 3 N–H and O–H groups in total. The molecule has 0 aliphatic rings. The molecular weight excluding hydrogens is 285 g/mol. The lowest BCUT2D eigenvalue weighted by atomic mass is 10.1. The Morgan fingerprint density at radius 3 is 2.79 bits per heavy atom. The number of pyridine rings is 1. The topological polar surface area (TPSA) is 50.9 Å². The molecule has 0 amide bonds. The molecule has 3 nitrogen and oxygen atoms in total. The quantitative estimate of drug-likeness (QED) is 0.850. The van der Waals surface area contributed by atoms with E-state index in [-0.39, 0.29) is 10.0 Å². The molecule has 19 heavy (non-hydrogen) atoms. The molecule has 0 radical (unpaired) electrons. The number of halogens is 2. The number of nitrogens with two attached hydrogens (primary N) is 1. The predicted octanol–water partition coefficient (Wildman–Crippen LogP) is 3.56. The molecule has 0 unspecified atom stereocenters. The van der Waals surface area contributed by atoms with Gasteiger partial charge in [0.25, 0.3) is 0 Å². The maximum atomic E-state index is 13.4. The van der Waals surface area contributed by atoms with E-state index < -0.39 is 5.82 Å². The molecule has 1 heterocycles. The summed E-state index contributed by atoms with van der Waals surface area (Å²) in [6, 6.07) is 6.21. The number of nitrogens with zero attached hydrogens (tertiary/aromatic N) is 1. The van der Waals surface area contributed by atoms with E-state index in [4.69, 9.17) is 29.6 Å². The Hall–Kier alpha value is -1.72. The van der Waals surface area contributed by atoms with Crippen LogP contribution in [-0.4, -0.2) is 9.97 Å². The zero-order valence-electron chi connectivity index (χ0n) is 10.1. The van der Waals surface area contributed by atoms with Gasteiger partial charge in [-0.2, -0.15) is 0 Å². The fourth-order valence-electron chi connectivity index (χ4n) is 1.67. The first-order valence-electron chi connectivity index (χ1n) is 5.46. The summed E-state index contributed by atoms with van der Waals surface area (Å²) in [4.78, 5) is 4.41. The van der Waals surface area contributed by atoms with Crippen molar-refractivity contribution in [2.45, 2.75) is 6.92 Å². The van der Waals surface area contributed by atoms with Gasteiger partial charge in [-0.3, -0.25) is 0 Å². The average molecular weight is 296 g/mol. The Bertz CT molecular complexity index is 646. The van der Waals surface area contributed by atoms with E-state index in [1.54, 1.807) is 12.3 Å². The van der Waals surface area contributed by atoms with Crippen molar-refractivity contribution in [1.29, 1.82) is 0 Å². The van der Waals surface area contributed by atoms with Crippen LogP contribution in [0.4, 0.5) is 15.9 Å². The van der Waals surface area contributed by atoms with Crippen LogP contribution in [0.2, 0.25) is 5.02 Å². The molecule has 2 aromatic rings. The van der Waals surface area contributed by atoms with Gasteiger partial charge in [-0.15, -0.1) is 0 Å². The molecule has 0 atom stereocenters. The minimum atomic E-state index is -0.504. The van der Waals surface area contributed by atoms with Gasteiger partial charge in [0, 0.05) is 11.9 Å². The summed E-state index contributed by atoms with van der Waals surface area (Å²) in [5, 5.41) is 3.05. The number of nitrogens with one attached hydrogen (secondary N) is 1. The van der Waals surface area contributed by atoms with E-state index in [2.05, 4.69) is 10.3 Å². The van der Waals surface area contributed by atoms with Crippen LogP contribution in [0.15, 0.2) is 30.5 Å². The van der Waals surface area contributed by atoms with Gasteiger partial charge in [0.2, 0.25) is 0 Å². The summed E-state index contributed by atoms with van der Waals surface area (Å²) in [5.74, 6) is -0.00887. The number of hydrogen-bond donors (Lipinski definition) is 2. The van der Waals surface area contributed by atoms with Crippen LogP contribution in [0.25, 0.3) is 0 Å². The van der Waals surface area contributed by atoms with Crippen LogP contribution >= 0.6 is 23.8 Å². The van der Waals surface area contributed by atoms with Gasteiger partial charge in [0.15, 0.2) is 0 Å². The third-order valence-electron chi connectivity index (χ3n) is 2.59. The number of aryl methyl sites for hydroxylation is 1. The summed E-state index contributed by atoms with van der Waals surface area (Å²) in [6.07, 6.45) is 1.63. The van der Waals surface area contributed by atoms with E-state index in [9.17, 15) is 4.39 Å². The number of thiocarbonyl (C=S) groups is 1. The lowest BCUT2D eigenvalue weighted by Gasteiger charge is -2.12. The van der Waals surface area contributed by atoms with Gasteiger partial charge in [0.05, 0.1) is 10.6 Å². The normalized spacial score (nSPS) is 10.3. The zero-order chi connectivity index (χ0) is 14.0. The van der Waals surface area contributed by atoms with Gasteiger partial charge in [0.1, 0.15) is 16.6 Å².